The van der Waals surface area contributed by atoms with Gasteiger partial charge in [-0.25, -0.2) is 0 Å². The Morgan fingerprint density at radius 3 is 2.72 bits per heavy atom. The van der Waals surface area contributed by atoms with Gasteiger partial charge in [0.05, 0.1) is 12.2 Å². The summed E-state index contributed by atoms with van der Waals surface area (Å²) >= 11 is 2.31. The molecule has 1 amide bonds. The zero-order valence-electron chi connectivity index (χ0n) is 16.8. The number of fused-ring (bicyclic) bond motifs is 2. The first-order valence-corrected chi connectivity index (χ1v) is 12.4. The molecule has 3 N–H and O–H groups in total. The number of amides is 1. The van der Waals surface area contributed by atoms with Crippen molar-refractivity contribution < 1.29 is 14.3 Å². The SMILES string of the molecule is Nc1c(CI)cc(C(=O)NCC2C3CN(C4CCOCC4)CC23)c2c1CCCO2. The van der Waals surface area contributed by atoms with Gasteiger partial charge in [0, 0.05) is 54.6 Å². The number of nitrogens with one attached hydrogen (secondary N) is 1. The number of benzene rings is 1. The first kappa shape index (κ1) is 19.9. The highest BCUT2D eigenvalue weighted by Gasteiger charge is 2.56. The van der Waals surface area contributed by atoms with E-state index in [1.165, 1.54) is 25.9 Å². The highest BCUT2D eigenvalue weighted by Crippen LogP contribution is 2.52. The van der Waals surface area contributed by atoms with Crippen LogP contribution in [-0.2, 0) is 15.6 Å². The van der Waals surface area contributed by atoms with Gasteiger partial charge in [0.2, 0.25) is 0 Å². The van der Waals surface area contributed by atoms with Crippen molar-refractivity contribution >= 4 is 34.2 Å². The number of ether oxygens (including phenoxy) is 2. The number of likely N-dealkylation sites (tertiary alicyclic amines) is 1. The summed E-state index contributed by atoms with van der Waals surface area (Å²) in [6.45, 7) is 5.62. The number of alkyl halides is 1. The van der Waals surface area contributed by atoms with Gasteiger partial charge in [-0.05, 0) is 55.1 Å². The van der Waals surface area contributed by atoms with Crippen molar-refractivity contribution in [2.75, 3.05) is 45.2 Å². The van der Waals surface area contributed by atoms with Crippen LogP contribution in [-0.4, -0.2) is 56.3 Å². The minimum absolute atomic E-state index is 0.0134. The predicted molar refractivity (Wildman–Crippen MR) is 121 cm³/mol. The third-order valence-electron chi connectivity index (χ3n) is 7.32. The van der Waals surface area contributed by atoms with E-state index in [-0.39, 0.29) is 5.91 Å². The van der Waals surface area contributed by atoms with E-state index in [4.69, 9.17) is 15.2 Å². The average Bonchev–Trinajstić information content (AvgIpc) is 3.21. The van der Waals surface area contributed by atoms with Crippen LogP contribution in [0.1, 0.15) is 40.7 Å². The second-order valence-corrected chi connectivity index (χ2v) is 9.65. The molecule has 4 aliphatic rings. The molecule has 158 valence electrons. The number of piperidine rings is 1. The molecule has 2 atom stereocenters. The van der Waals surface area contributed by atoms with Gasteiger partial charge in [0.25, 0.3) is 5.91 Å². The van der Waals surface area contributed by atoms with E-state index in [0.717, 1.165) is 65.7 Å². The van der Waals surface area contributed by atoms with Crippen molar-refractivity contribution in [3.63, 3.8) is 0 Å². The summed E-state index contributed by atoms with van der Waals surface area (Å²) in [7, 11) is 0. The molecule has 29 heavy (non-hydrogen) atoms. The smallest absolute Gasteiger partial charge is 0.255 e. The van der Waals surface area contributed by atoms with Crippen LogP contribution in [0.3, 0.4) is 0 Å². The molecule has 5 rings (SSSR count). The van der Waals surface area contributed by atoms with E-state index < -0.39 is 0 Å². The van der Waals surface area contributed by atoms with Crippen molar-refractivity contribution in [2.45, 2.75) is 36.2 Å². The Bertz CT molecular complexity index is 784. The lowest BCUT2D eigenvalue weighted by molar-refractivity contribution is 0.0368. The van der Waals surface area contributed by atoms with Gasteiger partial charge in [-0.2, -0.15) is 0 Å². The van der Waals surface area contributed by atoms with E-state index in [0.29, 0.717) is 29.9 Å². The first-order valence-electron chi connectivity index (χ1n) is 10.9. The molecule has 0 aromatic heterocycles. The molecular formula is C22H30IN3O3. The maximum absolute atomic E-state index is 13.0. The van der Waals surface area contributed by atoms with Crippen LogP contribution in [0.25, 0.3) is 0 Å². The number of hydrogen-bond acceptors (Lipinski definition) is 5. The van der Waals surface area contributed by atoms with Crippen molar-refractivity contribution in [1.82, 2.24) is 10.2 Å². The quantitative estimate of drug-likeness (QED) is 0.361. The molecule has 6 nitrogen and oxygen atoms in total. The lowest BCUT2D eigenvalue weighted by atomic mass is 9.96. The van der Waals surface area contributed by atoms with Crippen molar-refractivity contribution in [2.24, 2.45) is 17.8 Å². The van der Waals surface area contributed by atoms with Gasteiger partial charge in [-0.1, -0.05) is 22.6 Å². The predicted octanol–water partition coefficient (Wildman–Crippen LogP) is 2.62. The fourth-order valence-electron chi connectivity index (χ4n) is 5.55. The summed E-state index contributed by atoms with van der Waals surface area (Å²) in [4.78, 5) is 15.7. The lowest BCUT2D eigenvalue weighted by Gasteiger charge is -2.32. The number of nitrogen functional groups attached to an aromatic ring is 1. The minimum atomic E-state index is -0.0134. The fraction of sp³-hybridized carbons (Fsp3) is 0.682. The van der Waals surface area contributed by atoms with Gasteiger partial charge in [-0.3, -0.25) is 9.69 Å². The van der Waals surface area contributed by atoms with Gasteiger partial charge >= 0.3 is 0 Å². The molecule has 7 heteroatoms. The third kappa shape index (κ3) is 3.74. The molecule has 0 spiro atoms. The Labute approximate surface area is 186 Å². The maximum atomic E-state index is 13.0. The second-order valence-electron chi connectivity index (χ2n) is 8.89. The number of nitrogens with two attached hydrogens (primary N) is 1. The van der Waals surface area contributed by atoms with E-state index in [1.807, 2.05) is 6.07 Å². The van der Waals surface area contributed by atoms with Crippen LogP contribution < -0.4 is 15.8 Å². The van der Waals surface area contributed by atoms with Crippen LogP contribution in [0.2, 0.25) is 0 Å². The molecule has 0 bridgehead atoms. The van der Waals surface area contributed by atoms with E-state index in [9.17, 15) is 4.79 Å². The number of hydrogen-bond donors (Lipinski definition) is 2. The molecule has 3 fully saturated rings. The van der Waals surface area contributed by atoms with Crippen LogP contribution >= 0.6 is 22.6 Å². The van der Waals surface area contributed by atoms with Gasteiger partial charge in [0.1, 0.15) is 5.75 Å². The zero-order valence-corrected chi connectivity index (χ0v) is 18.9. The number of rotatable bonds is 5. The highest BCUT2D eigenvalue weighted by atomic mass is 127. The van der Waals surface area contributed by atoms with Crippen LogP contribution in [0.5, 0.6) is 5.75 Å². The standard InChI is InChI=1S/C22H30IN3O3/c23-9-13-8-16(21-15(20(13)24)2-1-5-29-21)22(27)25-10-17-18-11-26(12-19(17)18)14-3-6-28-7-4-14/h8,14,17-19H,1-7,9-12,24H2,(H,25,27). The molecule has 1 aromatic rings. The summed E-state index contributed by atoms with van der Waals surface area (Å²) in [5.41, 5.74) is 9.84. The molecule has 2 saturated heterocycles. The summed E-state index contributed by atoms with van der Waals surface area (Å²) in [5.74, 6) is 2.82. The molecule has 2 unspecified atom stereocenters. The molecule has 0 radical (unpaired) electrons. The van der Waals surface area contributed by atoms with Gasteiger partial charge < -0.3 is 20.5 Å². The van der Waals surface area contributed by atoms with Crippen LogP contribution in [0, 0.1) is 17.8 Å². The van der Waals surface area contributed by atoms with Crippen molar-refractivity contribution in [3.8, 4) is 5.75 Å². The number of carbonyl (C=O) groups is 1. The van der Waals surface area contributed by atoms with Gasteiger partial charge in [0.15, 0.2) is 0 Å². The minimum Gasteiger partial charge on any atom is -0.492 e. The number of carbonyl (C=O) groups excluding carboxylic acids is 1. The average molecular weight is 511 g/mol. The van der Waals surface area contributed by atoms with E-state index in [2.05, 4.69) is 32.8 Å². The second kappa shape index (κ2) is 8.23. The third-order valence-corrected chi connectivity index (χ3v) is 8.14. The Kier molecular flexibility index (Phi) is 5.64. The van der Waals surface area contributed by atoms with Crippen LogP contribution in [0.15, 0.2) is 6.07 Å². The summed E-state index contributed by atoms with van der Waals surface area (Å²) in [6.07, 6.45) is 4.18. The summed E-state index contributed by atoms with van der Waals surface area (Å²) in [5, 5.41) is 3.20. The largest absolute Gasteiger partial charge is 0.492 e. The zero-order chi connectivity index (χ0) is 20.0. The molecule has 1 aliphatic carbocycles. The van der Waals surface area contributed by atoms with E-state index in [1.54, 1.807) is 0 Å². The summed E-state index contributed by atoms with van der Waals surface area (Å²) < 4.78 is 12.2. The Hall–Kier alpha value is -1.06. The Morgan fingerprint density at radius 2 is 2.00 bits per heavy atom. The molecule has 3 aliphatic heterocycles. The van der Waals surface area contributed by atoms with Crippen LogP contribution in [0.4, 0.5) is 5.69 Å². The molecule has 1 aromatic carbocycles. The topological polar surface area (TPSA) is 76.8 Å². The van der Waals surface area contributed by atoms with Crippen molar-refractivity contribution in [1.29, 1.82) is 0 Å². The maximum Gasteiger partial charge on any atom is 0.255 e. The molecule has 1 saturated carbocycles. The Morgan fingerprint density at radius 1 is 1.24 bits per heavy atom. The van der Waals surface area contributed by atoms with E-state index >= 15 is 0 Å². The number of halogens is 1. The normalized spacial score (nSPS) is 29.1. The molecular weight excluding hydrogens is 481 g/mol. The summed E-state index contributed by atoms with van der Waals surface area (Å²) in [6, 6.07) is 2.64. The molecule has 3 heterocycles. The highest BCUT2D eigenvalue weighted by molar-refractivity contribution is 14.1. The number of nitrogens with zero attached hydrogens (tertiary/aromatic N) is 1. The number of anilines is 1. The van der Waals surface area contributed by atoms with Crippen molar-refractivity contribution in [3.05, 3.63) is 22.8 Å². The van der Waals surface area contributed by atoms with Gasteiger partial charge in [-0.15, -0.1) is 0 Å². The monoisotopic (exact) mass is 511 g/mol. The Balaban J connectivity index is 1.20. The first-order chi connectivity index (χ1) is 14.2. The lowest BCUT2D eigenvalue weighted by Crippen LogP contribution is -2.40. The fourth-order valence-corrected chi connectivity index (χ4v) is 6.18.